The fourth-order valence-corrected chi connectivity index (χ4v) is 2.54. The van der Waals surface area contributed by atoms with E-state index in [-0.39, 0.29) is 25.4 Å². The molecule has 1 heterocycles. The normalized spacial score (nSPS) is 27.2. The van der Waals surface area contributed by atoms with Crippen LogP contribution in [0.3, 0.4) is 0 Å². The molecule has 0 aromatic rings. The van der Waals surface area contributed by atoms with Crippen molar-refractivity contribution in [2.45, 2.75) is 76.7 Å². The molecule has 0 saturated carbocycles. The van der Waals surface area contributed by atoms with Crippen LogP contribution in [0.5, 0.6) is 0 Å². The molecule has 1 aliphatic rings. The van der Waals surface area contributed by atoms with Gasteiger partial charge >= 0.3 is 0 Å². The predicted octanol–water partition coefficient (Wildman–Crippen LogP) is 2.07. The summed E-state index contributed by atoms with van der Waals surface area (Å²) in [5.74, 6) is 1.71. The maximum absolute atomic E-state index is 10.2. The van der Waals surface area contributed by atoms with Crippen molar-refractivity contribution in [2.24, 2.45) is 0 Å². The number of aliphatic hydroxyl groups is 1. The Balaban J connectivity index is 2.81. The van der Waals surface area contributed by atoms with Gasteiger partial charge in [-0.15, -0.1) is 12.3 Å². The first-order valence-electron chi connectivity index (χ1n) is 7.52. The molecule has 1 aliphatic heterocycles. The molecule has 1 rings (SSSR count). The highest BCUT2D eigenvalue weighted by molar-refractivity contribution is 4.96. The van der Waals surface area contributed by atoms with E-state index in [1.54, 1.807) is 7.11 Å². The minimum Gasteiger partial charge on any atom is -0.389 e. The molecule has 0 aromatic carbocycles. The van der Waals surface area contributed by atoms with Crippen LogP contribution in [0.15, 0.2) is 0 Å². The average Bonchev–Trinajstić information content (AvgIpc) is 2.75. The third kappa shape index (κ3) is 5.57. The Labute approximate surface area is 127 Å². The van der Waals surface area contributed by atoms with Crippen molar-refractivity contribution in [3.05, 3.63) is 0 Å². The van der Waals surface area contributed by atoms with Crippen molar-refractivity contribution in [3.8, 4) is 12.3 Å². The predicted molar refractivity (Wildman–Crippen MR) is 79.6 cm³/mol. The van der Waals surface area contributed by atoms with Crippen LogP contribution in [-0.4, -0.2) is 49.2 Å². The Hall–Kier alpha value is -0.640. The summed E-state index contributed by atoms with van der Waals surface area (Å²) in [6, 6.07) is 0. The van der Waals surface area contributed by atoms with E-state index < -0.39 is 18.0 Å². The quantitative estimate of drug-likeness (QED) is 0.522. The summed E-state index contributed by atoms with van der Waals surface area (Å²) in [7, 11) is 1.58. The highest BCUT2D eigenvalue weighted by Crippen LogP contribution is 2.34. The molecular weight excluding hydrogens is 272 g/mol. The highest BCUT2D eigenvalue weighted by atomic mass is 16.8. The Bertz CT molecular complexity index is 328. The first-order chi connectivity index (χ1) is 9.95. The first kappa shape index (κ1) is 18.4. The molecule has 122 valence electrons. The van der Waals surface area contributed by atoms with Gasteiger partial charge in [-0.3, -0.25) is 0 Å². The maximum Gasteiger partial charge on any atom is 0.164 e. The lowest BCUT2D eigenvalue weighted by molar-refractivity contribution is -0.172. The Kier molecular flexibility index (Phi) is 7.64. The monoisotopic (exact) mass is 300 g/mol. The Morgan fingerprint density at radius 3 is 2.57 bits per heavy atom. The standard InChI is InChI=1S/C16H28O5/c1-6-8-10-13(19-11-18-5)15-14(12(17)9-7-2)20-16(3,4)21-15/h2,12-15,17H,6,8-11H2,1,3-5H3/t12-,13+,14-,15-/m1/s1. The van der Waals surface area contributed by atoms with Gasteiger partial charge in [-0.05, 0) is 20.3 Å². The second-order valence-electron chi connectivity index (χ2n) is 5.79. The van der Waals surface area contributed by atoms with Gasteiger partial charge in [0.1, 0.15) is 19.0 Å². The minimum atomic E-state index is -0.767. The van der Waals surface area contributed by atoms with E-state index in [1.165, 1.54) is 0 Å². The molecule has 5 heteroatoms. The molecule has 0 spiro atoms. The van der Waals surface area contributed by atoms with Crippen LogP contribution in [0, 0.1) is 12.3 Å². The van der Waals surface area contributed by atoms with Crippen LogP contribution in [0.2, 0.25) is 0 Å². The average molecular weight is 300 g/mol. The summed E-state index contributed by atoms with van der Waals surface area (Å²) in [4.78, 5) is 0. The lowest BCUT2D eigenvalue weighted by Crippen LogP contribution is -2.43. The highest BCUT2D eigenvalue weighted by Gasteiger charge is 2.48. The van der Waals surface area contributed by atoms with Crippen LogP contribution >= 0.6 is 0 Å². The molecule has 5 nitrogen and oxygen atoms in total. The van der Waals surface area contributed by atoms with E-state index in [2.05, 4.69) is 12.8 Å². The van der Waals surface area contributed by atoms with Crippen molar-refractivity contribution in [1.29, 1.82) is 0 Å². The number of terminal acetylenes is 1. The van der Waals surface area contributed by atoms with Gasteiger partial charge in [-0.25, -0.2) is 0 Å². The van der Waals surface area contributed by atoms with Gasteiger partial charge in [-0.1, -0.05) is 19.8 Å². The summed E-state index contributed by atoms with van der Waals surface area (Å²) in [5.41, 5.74) is 0. The van der Waals surface area contributed by atoms with E-state index in [0.29, 0.717) is 0 Å². The Morgan fingerprint density at radius 2 is 2.00 bits per heavy atom. The molecule has 0 radical (unpaired) electrons. The molecule has 0 aliphatic carbocycles. The van der Waals surface area contributed by atoms with Gasteiger partial charge in [0.25, 0.3) is 0 Å². The van der Waals surface area contributed by atoms with Crippen LogP contribution in [0.25, 0.3) is 0 Å². The van der Waals surface area contributed by atoms with Crippen molar-refractivity contribution < 1.29 is 24.1 Å². The van der Waals surface area contributed by atoms with Gasteiger partial charge < -0.3 is 24.1 Å². The second-order valence-corrected chi connectivity index (χ2v) is 5.79. The van der Waals surface area contributed by atoms with Crippen LogP contribution in [0.1, 0.15) is 46.5 Å². The molecular formula is C16H28O5. The number of unbranched alkanes of at least 4 members (excludes halogenated alkanes) is 1. The summed E-state index contributed by atoms with van der Waals surface area (Å²) in [5, 5.41) is 10.2. The van der Waals surface area contributed by atoms with Crippen molar-refractivity contribution in [3.63, 3.8) is 0 Å². The van der Waals surface area contributed by atoms with Gasteiger partial charge in [0.15, 0.2) is 5.79 Å². The van der Waals surface area contributed by atoms with E-state index in [9.17, 15) is 5.11 Å². The van der Waals surface area contributed by atoms with Crippen molar-refractivity contribution >= 4 is 0 Å². The van der Waals surface area contributed by atoms with E-state index >= 15 is 0 Å². The third-order valence-electron chi connectivity index (χ3n) is 3.48. The lowest BCUT2D eigenvalue weighted by Gasteiger charge is -2.28. The molecule has 0 aromatic heterocycles. The van der Waals surface area contributed by atoms with Crippen molar-refractivity contribution in [1.82, 2.24) is 0 Å². The fourth-order valence-electron chi connectivity index (χ4n) is 2.54. The fraction of sp³-hybridized carbons (Fsp3) is 0.875. The first-order valence-corrected chi connectivity index (χ1v) is 7.52. The Morgan fingerprint density at radius 1 is 1.33 bits per heavy atom. The molecule has 0 bridgehead atoms. The third-order valence-corrected chi connectivity index (χ3v) is 3.48. The second kappa shape index (κ2) is 8.72. The number of rotatable bonds is 9. The van der Waals surface area contributed by atoms with Crippen LogP contribution in [-0.2, 0) is 18.9 Å². The molecule has 0 unspecified atom stereocenters. The van der Waals surface area contributed by atoms with Gasteiger partial charge in [0, 0.05) is 13.5 Å². The SMILES string of the molecule is C#CC[C@@H](O)[C@H]1OC(C)(C)O[C@@H]1[C@H](CCCC)OCOC. The van der Waals surface area contributed by atoms with Gasteiger partial charge in [0.2, 0.25) is 0 Å². The lowest BCUT2D eigenvalue weighted by atomic mass is 9.97. The van der Waals surface area contributed by atoms with Gasteiger partial charge in [-0.2, -0.15) is 0 Å². The maximum atomic E-state index is 10.2. The largest absolute Gasteiger partial charge is 0.389 e. The minimum absolute atomic E-state index is 0.187. The van der Waals surface area contributed by atoms with E-state index in [4.69, 9.17) is 25.4 Å². The smallest absolute Gasteiger partial charge is 0.164 e. The molecule has 1 fully saturated rings. The summed E-state index contributed by atoms with van der Waals surface area (Å²) in [6.07, 6.45) is 6.60. The molecule has 1 N–H and O–H groups in total. The molecule has 0 amide bonds. The number of aliphatic hydroxyl groups excluding tert-OH is 1. The van der Waals surface area contributed by atoms with Crippen LogP contribution in [0.4, 0.5) is 0 Å². The zero-order valence-electron chi connectivity index (χ0n) is 13.5. The molecule has 21 heavy (non-hydrogen) atoms. The summed E-state index contributed by atoms with van der Waals surface area (Å²) in [6.45, 7) is 5.96. The number of hydrogen-bond acceptors (Lipinski definition) is 5. The zero-order valence-corrected chi connectivity index (χ0v) is 13.5. The number of ether oxygens (including phenoxy) is 4. The number of methoxy groups -OCH3 is 1. The number of hydrogen-bond donors (Lipinski definition) is 1. The van der Waals surface area contributed by atoms with E-state index in [0.717, 1.165) is 19.3 Å². The van der Waals surface area contributed by atoms with Crippen LogP contribution < -0.4 is 0 Å². The van der Waals surface area contributed by atoms with Crippen molar-refractivity contribution in [2.75, 3.05) is 13.9 Å². The summed E-state index contributed by atoms with van der Waals surface area (Å²) < 4.78 is 22.5. The zero-order chi connectivity index (χ0) is 15.9. The molecule has 1 saturated heterocycles. The summed E-state index contributed by atoms with van der Waals surface area (Å²) >= 11 is 0. The molecule has 4 atom stereocenters. The van der Waals surface area contributed by atoms with E-state index in [1.807, 2.05) is 13.8 Å². The topological polar surface area (TPSA) is 57.2 Å². The van der Waals surface area contributed by atoms with Gasteiger partial charge in [0.05, 0.1) is 12.2 Å².